The van der Waals surface area contributed by atoms with Crippen LogP contribution < -0.4 is 5.32 Å². The summed E-state index contributed by atoms with van der Waals surface area (Å²) in [7, 11) is 0. The van der Waals surface area contributed by atoms with Crippen LogP contribution in [0, 0.1) is 25.2 Å². The lowest BCUT2D eigenvalue weighted by Crippen LogP contribution is -2.23. The molecule has 1 fully saturated rings. The molecule has 2 aromatic rings. The van der Waals surface area contributed by atoms with Crippen molar-refractivity contribution in [2.24, 2.45) is 0 Å². The molecule has 3 rings (SSSR count). The van der Waals surface area contributed by atoms with Crippen molar-refractivity contribution in [2.75, 3.05) is 0 Å². The van der Waals surface area contributed by atoms with Crippen LogP contribution in [0.3, 0.4) is 0 Å². The van der Waals surface area contributed by atoms with E-state index in [9.17, 15) is 10.1 Å². The van der Waals surface area contributed by atoms with Gasteiger partial charge in [-0.15, -0.1) is 11.3 Å². The first kappa shape index (κ1) is 15.6. The number of hydrogen-bond donors (Lipinski definition) is 1. The molecule has 0 aliphatic heterocycles. The maximum Gasteiger partial charge on any atom is 0.262 e. The number of nitriles is 1. The quantitative estimate of drug-likeness (QED) is 0.673. The zero-order valence-electron chi connectivity index (χ0n) is 13.3. The van der Waals surface area contributed by atoms with Gasteiger partial charge in [0.2, 0.25) is 0 Å². The minimum atomic E-state index is -0.322. The first-order valence-electron chi connectivity index (χ1n) is 7.71. The summed E-state index contributed by atoms with van der Waals surface area (Å²) >= 11 is 1.59. The van der Waals surface area contributed by atoms with Gasteiger partial charge in [-0.2, -0.15) is 5.26 Å². The number of hydrogen-bond acceptors (Lipinski definition) is 3. The van der Waals surface area contributed by atoms with Crippen LogP contribution in [0.2, 0.25) is 0 Å². The molecule has 1 N–H and O–H groups in total. The van der Waals surface area contributed by atoms with Crippen LogP contribution in [-0.4, -0.2) is 10.5 Å². The summed E-state index contributed by atoms with van der Waals surface area (Å²) < 4.78 is 2.31. The molecule has 23 heavy (non-hydrogen) atoms. The Morgan fingerprint density at radius 1 is 1.52 bits per heavy atom. The molecule has 0 spiro atoms. The zero-order chi connectivity index (χ0) is 16.4. The third-order valence-corrected chi connectivity index (χ3v) is 4.98. The van der Waals surface area contributed by atoms with Crippen molar-refractivity contribution >= 4 is 23.3 Å². The van der Waals surface area contributed by atoms with Crippen LogP contribution in [-0.2, 0) is 11.3 Å². The van der Waals surface area contributed by atoms with E-state index in [2.05, 4.69) is 29.8 Å². The van der Waals surface area contributed by atoms with E-state index in [1.54, 1.807) is 17.4 Å². The number of amides is 1. The van der Waals surface area contributed by atoms with Crippen molar-refractivity contribution < 1.29 is 4.79 Å². The predicted molar refractivity (Wildman–Crippen MR) is 91.9 cm³/mol. The molecule has 0 saturated heterocycles. The first-order valence-corrected chi connectivity index (χ1v) is 8.59. The highest BCUT2D eigenvalue weighted by molar-refractivity contribution is 7.09. The Balaban J connectivity index is 1.77. The molecule has 1 saturated carbocycles. The monoisotopic (exact) mass is 325 g/mol. The van der Waals surface area contributed by atoms with Gasteiger partial charge in [0.05, 0.1) is 6.54 Å². The standard InChI is InChI=1S/C18H19N3OS/c1-12-8-14(13(2)21(12)16-5-6-16)9-15(10-19)18(22)20-11-17-4-3-7-23-17/h3-4,7-9,16H,5-6,11H2,1-2H3,(H,20,22)/b15-9+. The molecular weight excluding hydrogens is 306 g/mol. The zero-order valence-corrected chi connectivity index (χ0v) is 14.1. The van der Waals surface area contributed by atoms with Crippen LogP contribution in [0.5, 0.6) is 0 Å². The second-order valence-electron chi connectivity index (χ2n) is 5.86. The second-order valence-corrected chi connectivity index (χ2v) is 6.89. The molecule has 1 amide bonds. The normalized spacial score (nSPS) is 14.6. The van der Waals surface area contributed by atoms with E-state index in [-0.39, 0.29) is 11.5 Å². The van der Waals surface area contributed by atoms with Gasteiger partial charge < -0.3 is 9.88 Å². The van der Waals surface area contributed by atoms with Crippen molar-refractivity contribution in [3.05, 3.63) is 51.0 Å². The highest BCUT2D eigenvalue weighted by Crippen LogP contribution is 2.38. The molecule has 4 nitrogen and oxygen atoms in total. The molecule has 0 bridgehead atoms. The number of aryl methyl sites for hydroxylation is 1. The first-order chi connectivity index (χ1) is 11.1. The van der Waals surface area contributed by atoms with Gasteiger partial charge in [-0.25, -0.2) is 0 Å². The topological polar surface area (TPSA) is 57.8 Å². The van der Waals surface area contributed by atoms with Gasteiger partial charge in [0.1, 0.15) is 11.6 Å². The number of nitrogens with zero attached hydrogens (tertiary/aromatic N) is 2. The highest BCUT2D eigenvalue weighted by Gasteiger charge is 2.26. The Morgan fingerprint density at radius 3 is 2.91 bits per heavy atom. The van der Waals surface area contributed by atoms with Crippen molar-refractivity contribution in [1.82, 2.24) is 9.88 Å². The summed E-state index contributed by atoms with van der Waals surface area (Å²) in [5, 5.41) is 14.1. The number of carbonyl (C=O) groups is 1. The van der Waals surface area contributed by atoms with E-state index < -0.39 is 0 Å². The second kappa shape index (κ2) is 6.43. The number of rotatable bonds is 5. The summed E-state index contributed by atoms with van der Waals surface area (Å²) in [5.41, 5.74) is 3.42. The van der Waals surface area contributed by atoms with Crippen LogP contribution >= 0.6 is 11.3 Å². The molecule has 0 atom stereocenters. The van der Waals surface area contributed by atoms with Crippen LogP contribution in [0.25, 0.3) is 6.08 Å². The largest absolute Gasteiger partial charge is 0.347 e. The van der Waals surface area contributed by atoms with E-state index in [1.807, 2.05) is 23.6 Å². The maximum atomic E-state index is 12.2. The number of carbonyl (C=O) groups excluding carboxylic acids is 1. The van der Waals surface area contributed by atoms with E-state index in [0.29, 0.717) is 12.6 Å². The molecule has 0 radical (unpaired) electrons. The number of nitrogens with one attached hydrogen (secondary N) is 1. The van der Waals surface area contributed by atoms with Gasteiger partial charge in [0.25, 0.3) is 5.91 Å². The summed E-state index contributed by atoms with van der Waals surface area (Å²) in [6.07, 6.45) is 4.13. The van der Waals surface area contributed by atoms with E-state index >= 15 is 0 Å². The molecule has 2 heterocycles. The molecule has 1 aliphatic rings. The molecule has 1 aliphatic carbocycles. The summed E-state index contributed by atoms with van der Waals surface area (Å²) in [4.78, 5) is 13.3. The highest BCUT2D eigenvalue weighted by atomic mass is 32.1. The van der Waals surface area contributed by atoms with Gasteiger partial charge in [-0.05, 0) is 55.8 Å². The Hall–Kier alpha value is -2.32. The van der Waals surface area contributed by atoms with Gasteiger partial charge in [-0.1, -0.05) is 6.07 Å². The van der Waals surface area contributed by atoms with Crippen LogP contribution in [0.15, 0.2) is 29.2 Å². The van der Waals surface area contributed by atoms with Gasteiger partial charge in [-0.3, -0.25) is 4.79 Å². The SMILES string of the molecule is Cc1cc(/C=C(\C#N)C(=O)NCc2cccs2)c(C)n1C1CC1. The van der Waals surface area contributed by atoms with Crippen LogP contribution in [0.1, 0.15) is 40.7 Å². The maximum absolute atomic E-state index is 12.2. The number of aromatic nitrogens is 1. The lowest BCUT2D eigenvalue weighted by Gasteiger charge is -2.07. The summed E-state index contributed by atoms with van der Waals surface area (Å²) in [5.74, 6) is -0.322. The Bertz CT molecular complexity index is 789. The molecule has 0 aromatic carbocycles. The van der Waals surface area contributed by atoms with Gasteiger partial charge in [0.15, 0.2) is 0 Å². The van der Waals surface area contributed by atoms with Crippen LogP contribution in [0.4, 0.5) is 0 Å². The molecular formula is C18H19N3OS. The molecule has 0 unspecified atom stereocenters. The third-order valence-electron chi connectivity index (χ3n) is 4.10. The fourth-order valence-corrected chi connectivity index (χ4v) is 3.47. The number of thiophene rings is 1. The van der Waals surface area contributed by atoms with Crippen molar-refractivity contribution in [3.63, 3.8) is 0 Å². The van der Waals surface area contributed by atoms with Crippen molar-refractivity contribution in [2.45, 2.75) is 39.3 Å². The van der Waals surface area contributed by atoms with Crippen molar-refractivity contribution in [3.8, 4) is 6.07 Å². The van der Waals surface area contributed by atoms with Gasteiger partial charge >= 0.3 is 0 Å². The third kappa shape index (κ3) is 3.38. The minimum Gasteiger partial charge on any atom is -0.347 e. The fraction of sp³-hybridized carbons (Fsp3) is 0.333. The molecule has 2 aromatic heterocycles. The summed E-state index contributed by atoms with van der Waals surface area (Å²) in [6.45, 7) is 4.58. The average Bonchev–Trinajstić information content (AvgIpc) is 3.14. The van der Waals surface area contributed by atoms with Crippen molar-refractivity contribution in [1.29, 1.82) is 5.26 Å². The molecule has 5 heteroatoms. The fourth-order valence-electron chi connectivity index (χ4n) is 2.82. The van der Waals surface area contributed by atoms with Gasteiger partial charge in [0, 0.05) is 22.3 Å². The van der Waals surface area contributed by atoms with E-state index in [0.717, 1.165) is 16.1 Å². The average molecular weight is 325 g/mol. The predicted octanol–water partition coefficient (Wildman–Crippen LogP) is 3.72. The molecule has 118 valence electrons. The minimum absolute atomic E-state index is 0.151. The smallest absolute Gasteiger partial charge is 0.262 e. The Labute approximate surface area is 140 Å². The summed E-state index contributed by atoms with van der Waals surface area (Å²) in [6, 6.07) is 8.58. The lowest BCUT2D eigenvalue weighted by molar-refractivity contribution is -0.117. The van der Waals surface area contributed by atoms with E-state index in [4.69, 9.17) is 0 Å². The lowest BCUT2D eigenvalue weighted by atomic mass is 10.1. The Kier molecular flexibility index (Phi) is 4.35. The van der Waals surface area contributed by atoms with E-state index in [1.165, 1.54) is 18.5 Å². The Morgan fingerprint density at radius 2 is 2.30 bits per heavy atom.